The summed E-state index contributed by atoms with van der Waals surface area (Å²) in [5, 5.41) is 10.3. The lowest BCUT2D eigenvalue weighted by molar-refractivity contribution is -0.142. The summed E-state index contributed by atoms with van der Waals surface area (Å²) < 4.78 is 9.37. The molecule has 0 bridgehead atoms. The molecule has 1 N–H and O–H groups in total. The lowest BCUT2D eigenvalue weighted by Gasteiger charge is -2.13. The molecule has 7 nitrogen and oxygen atoms in total. The Balaban J connectivity index is 2.18. The number of benzene rings is 2. The second-order valence-corrected chi connectivity index (χ2v) is 5.40. The van der Waals surface area contributed by atoms with E-state index in [-0.39, 0.29) is 6.42 Å². The lowest BCUT2D eigenvalue weighted by Crippen LogP contribution is -2.09. The highest BCUT2D eigenvalue weighted by molar-refractivity contribution is 6.03. The van der Waals surface area contributed by atoms with Gasteiger partial charge in [-0.25, -0.2) is 14.8 Å². The third-order valence-electron chi connectivity index (χ3n) is 3.88. The lowest BCUT2D eigenvalue weighted by atomic mass is 10.0. The van der Waals surface area contributed by atoms with E-state index in [1.54, 1.807) is 36.4 Å². The van der Waals surface area contributed by atoms with Crippen LogP contribution in [0.3, 0.4) is 0 Å². The van der Waals surface area contributed by atoms with Gasteiger partial charge in [0, 0.05) is 5.56 Å². The van der Waals surface area contributed by atoms with Gasteiger partial charge in [-0.05, 0) is 18.2 Å². The van der Waals surface area contributed by atoms with Gasteiger partial charge in [-0.1, -0.05) is 18.2 Å². The van der Waals surface area contributed by atoms with E-state index in [0.29, 0.717) is 33.2 Å². The highest BCUT2D eigenvalue weighted by Gasteiger charge is 2.19. The zero-order valence-electron chi connectivity index (χ0n) is 13.7. The molecule has 0 aliphatic rings. The van der Waals surface area contributed by atoms with Crippen molar-refractivity contribution in [3.8, 4) is 0 Å². The average molecular weight is 340 g/mol. The van der Waals surface area contributed by atoms with E-state index in [1.807, 2.05) is 0 Å². The number of hydrogen-bond donors (Lipinski definition) is 1. The Bertz CT molecular complexity index is 970. The molecule has 0 saturated heterocycles. The number of carbonyl (C=O) groups is 2. The second kappa shape index (κ2) is 6.82. The van der Waals surface area contributed by atoms with Crippen molar-refractivity contribution >= 4 is 34.0 Å². The molecule has 0 fully saturated rings. The number of methoxy groups -OCH3 is 2. The second-order valence-electron chi connectivity index (χ2n) is 5.40. The van der Waals surface area contributed by atoms with Gasteiger partial charge in [0.1, 0.15) is 5.52 Å². The Labute approximate surface area is 143 Å². The van der Waals surface area contributed by atoms with Crippen LogP contribution in [0, 0.1) is 0 Å². The number of aromatic nitrogens is 2. The van der Waals surface area contributed by atoms with Crippen LogP contribution in [-0.2, 0) is 14.3 Å². The zero-order valence-corrected chi connectivity index (χ0v) is 13.7. The predicted octanol–water partition coefficient (Wildman–Crippen LogP) is 2.17. The van der Waals surface area contributed by atoms with E-state index < -0.39 is 18.0 Å². The Morgan fingerprint density at radius 1 is 1.00 bits per heavy atom. The number of rotatable bonds is 4. The topological polar surface area (TPSA) is 98.6 Å². The zero-order chi connectivity index (χ0) is 18.0. The number of aliphatic hydroxyl groups excluding tert-OH is 1. The van der Waals surface area contributed by atoms with Gasteiger partial charge in [0.05, 0.1) is 48.9 Å². The fraction of sp³-hybridized carbons (Fsp3) is 0.222. The van der Waals surface area contributed by atoms with E-state index >= 15 is 0 Å². The van der Waals surface area contributed by atoms with Crippen molar-refractivity contribution in [3.63, 3.8) is 0 Å². The molecule has 1 atom stereocenters. The summed E-state index contributed by atoms with van der Waals surface area (Å²) in [6.07, 6.45) is -1.25. The first-order valence-electron chi connectivity index (χ1n) is 7.57. The van der Waals surface area contributed by atoms with Crippen LogP contribution >= 0.6 is 0 Å². The number of hydrogen-bond acceptors (Lipinski definition) is 7. The number of fused-ring (bicyclic) bond motifs is 2. The smallest absolute Gasteiger partial charge is 0.340 e. The molecule has 0 unspecified atom stereocenters. The van der Waals surface area contributed by atoms with Crippen molar-refractivity contribution in [2.75, 3.05) is 14.2 Å². The van der Waals surface area contributed by atoms with Crippen LogP contribution < -0.4 is 0 Å². The van der Waals surface area contributed by atoms with Crippen LogP contribution in [0.1, 0.15) is 28.4 Å². The van der Waals surface area contributed by atoms with Crippen LogP contribution in [0.4, 0.5) is 0 Å². The number of para-hydroxylation sites is 2. The van der Waals surface area contributed by atoms with Crippen molar-refractivity contribution in [1.82, 2.24) is 9.97 Å². The number of aliphatic hydroxyl groups is 1. The van der Waals surface area contributed by atoms with Gasteiger partial charge in [0.2, 0.25) is 0 Å². The number of nitrogens with zero attached hydrogens (tertiary/aromatic N) is 2. The molecule has 0 saturated carbocycles. The van der Waals surface area contributed by atoms with Gasteiger partial charge in [-0.2, -0.15) is 0 Å². The van der Waals surface area contributed by atoms with E-state index in [4.69, 9.17) is 4.74 Å². The maximum absolute atomic E-state index is 11.9. The highest BCUT2D eigenvalue weighted by Crippen LogP contribution is 2.27. The molecule has 2 aromatic carbocycles. The molecule has 25 heavy (non-hydrogen) atoms. The molecular weight excluding hydrogens is 324 g/mol. The van der Waals surface area contributed by atoms with Crippen LogP contribution in [0.15, 0.2) is 36.4 Å². The molecule has 0 aliphatic heterocycles. The van der Waals surface area contributed by atoms with Crippen molar-refractivity contribution in [2.24, 2.45) is 0 Å². The summed E-state index contributed by atoms with van der Waals surface area (Å²) >= 11 is 0. The summed E-state index contributed by atoms with van der Waals surface area (Å²) in [6, 6.07) is 10.1. The molecule has 1 heterocycles. The van der Waals surface area contributed by atoms with Crippen LogP contribution in [0.2, 0.25) is 0 Å². The third kappa shape index (κ3) is 3.14. The third-order valence-corrected chi connectivity index (χ3v) is 3.88. The Hall–Kier alpha value is -3.06. The summed E-state index contributed by atoms with van der Waals surface area (Å²) in [7, 11) is 2.57. The molecule has 128 valence electrons. The van der Waals surface area contributed by atoms with Crippen molar-refractivity contribution in [3.05, 3.63) is 47.5 Å². The van der Waals surface area contributed by atoms with Gasteiger partial charge in [0.25, 0.3) is 0 Å². The fourth-order valence-electron chi connectivity index (χ4n) is 2.64. The number of ether oxygens (including phenoxy) is 2. The van der Waals surface area contributed by atoms with Crippen LogP contribution in [-0.4, -0.2) is 41.2 Å². The van der Waals surface area contributed by atoms with Crippen molar-refractivity contribution < 1.29 is 24.2 Å². The van der Waals surface area contributed by atoms with Crippen LogP contribution in [0.5, 0.6) is 0 Å². The minimum absolute atomic E-state index is 0.183. The largest absolute Gasteiger partial charge is 0.469 e. The minimum Gasteiger partial charge on any atom is -0.469 e. The van der Waals surface area contributed by atoms with Gasteiger partial charge >= 0.3 is 11.9 Å². The SMILES string of the molecule is COC(=O)C[C@@H](O)c1cccc2nc3c(C(=O)OC)cccc3nc12. The first-order chi connectivity index (χ1) is 12.0. The van der Waals surface area contributed by atoms with Gasteiger partial charge in [-0.15, -0.1) is 0 Å². The normalized spacial score (nSPS) is 12.1. The standard InChI is InChI=1S/C18H16N2O5/c1-24-15(22)9-14(21)10-5-3-7-12-16(10)19-13-8-4-6-11(17(13)20-12)18(23)25-2/h3-8,14,21H,9H2,1-2H3/t14-/m1/s1. The summed E-state index contributed by atoms with van der Waals surface area (Å²) in [5.74, 6) is -1.02. The number of esters is 2. The van der Waals surface area contributed by atoms with Gasteiger partial charge in [0.15, 0.2) is 0 Å². The molecule has 0 aliphatic carbocycles. The Morgan fingerprint density at radius 2 is 1.64 bits per heavy atom. The monoisotopic (exact) mass is 340 g/mol. The highest BCUT2D eigenvalue weighted by atomic mass is 16.5. The average Bonchev–Trinajstić information content (AvgIpc) is 2.64. The molecular formula is C18H16N2O5. The van der Waals surface area contributed by atoms with Gasteiger partial charge < -0.3 is 14.6 Å². The first-order valence-corrected chi connectivity index (χ1v) is 7.57. The quantitative estimate of drug-likeness (QED) is 0.574. The Morgan fingerprint density at radius 3 is 2.32 bits per heavy atom. The van der Waals surface area contributed by atoms with Crippen LogP contribution in [0.25, 0.3) is 22.1 Å². The maximum atomic E-state index is 11.9. The van der Waals surface area contributed by atoms with E-state index in [1.165, 1.54) is 14.2 Å². The molecule has 0 radical (unpaired) electrons. The summed E-state index contributed by atoms with van der Waals surface area (Å²) in [6.45, 7) is 0. The molecule has 3 rings (SSSR count). The fourth-order valence-corrected chi connectivity index (χ4v) is 2.64. The first kappa shape index (κ1) is 16.8. The van der Waals surface area contributed by atoms with E-state index in [9.17, 15) is 14.7 Å². The van der Waals surface area contributed by atoms with E-state index in [0.717, 1.165) is 0 Å². The maximum Gasteiger partial charge on any atom is 0.340 e. The summed E-state index contributed by atoms with van der Waals surface area (Å²) in [5.41, 5.74) is 2.67. The molecule has 1 aromatic heterocycles. The van der Waals surface area contributed by atoms with Gasteiger partial charge in [-0.3, -0.25) is 4.79 Å². The molecule has 0 spiro atoms. The number of carbonyl (C=O) groups excluding carboxylic acids is 2. The van der Waals surface area contributed by atoms with Crippen molar-refractivity contribution in [1.29, 1.82) is 0 Å². The predicted molar refractivity (Wildman–Crippen MR) is 90.0 cm³/mol. The van der Waals surface area contributed by atoms with Crippen molar-refractivity contribution in [2.45, 2.75) is 12.5 Å². The van der Waals surface area contributed by atoms with E-state index in [2.05, 4.69) is 14.7 Å². The summed E-state index contributed by atoms with van der Waals surface area (Å²) in [4.78, 5) is 32.4. The molecule has 7 heteroatoms. The minimum atomic E-state index is -1.06. The molecule has 3 aromatic rings. The molecule has 0 amide bonds. The Kier molecular flexibility index (Phi) is 4.58.